The quantitative estimate of drug-likeness (QED) is 0.287. The minimum Gasteiger partial charge on any atom is -0.0610 e. The van der Waals surface area contributed by atoms with E-state index in [1.54, 1.807) is 0 Å². The molecule has 0 atom stereocenters. The van der Waals surface area contributed by atoms with E-state index in [0.29, 0.717) is 0 Å². The van der Waals surface area contributed by atoms with E-state index in [1.807, 2.05) is 0 Å². The van der Waals surface area contributed by atoms with Crippen molar-refractivity contribution < 1.29 is 0 Å². The van der Waals surface area contributed by atoms with Gasteiger partial charge in [0.25, 0.3) is 0 Å². The number of hydrogen-bond acceptors (Lipinski definition) is 0. The molecule has 0 fully saturated rings. The molecule has 2 heteroatoms. The molecule has 26 heavy (non-hydrogen) atoms. The standard InChI is InChI=1S/C24H16Br2/c25-23-11-7-17(8-12-23)19-3-1-5-21(15-19)22-6-2-4-20(16-22)18-9-13-24(26)14-10-18/h1-16H. The van der Waals surface area contributed by atoms with Crippen molar-refractivity contribution in [2.75, 3.05) is 0 Å². The van der Waals surface area contributed by atoms with Gasteiger partial charge in [-0.1, -0.05) is 92.5 Å². The van der Waals surface area contributed by atoms with Crippen LogP contribution in [0.25, 0.3) is 33.4 Å². The molecule has 4 rings (SSSR count). The summed E-state index contributed by atoms with van der Waals surface area (Å²) < 4.78 is 2.19. The highest BCUT2D eigenvalue weighted by Crippen LogP contribution is 2.30. The van der Waals surface area contributed by atoms with Gasteiger partial charge in [0.15, 0.2) is 0 Å². The second-order valence-electron chi connectivity index (χ2n) is 6.18. The minimum absolute atomic E-state index is 1.10. The molecule has 0 aliphatic heterocycles. The molecule has 0 N–H and O–H groups in total. The highest BCUT2D eigenvalue weighted by atomic mass is 79.9. The van der Waals surface area contributed by atoms with E-state index in [2.05, 4.69) is 129 Å². The van der Waals surface area contributed by atoms with Crippen LogP contribution in [-0.2, 0) is 0 Å². The minimum atomic E-state index is 1.10. The van der Waals surface area contributed by atoms with Gasteiger partial charge in [-0.15, -0.1) is 0 Å². The average molecular weight is 464 g/mol. The largest absolute Gasteiger partial charge is 0.0610 e. The predicted molar refractivity (Wildman–Crippen MR) is 118 cm³/mol. The fraction of sp³-hybridized carbons (Fsp3) is 0. The van der Waals surface area contributed by atoms with Crippen LogP contribution in [0, 0.1) is 0 Å². The molecule has 0 aromatic heterocycles. The molecular weight excluding hydrogens is 448 g/mol. The van der Waals surface area contributed by atoms with Gasteiger partial charge in [0, 0.05) is 8.95 Å². The van der Waals surface area contributed by atoms with E-state index >= 15 is 0 Å². The second kappa shape index (κ2) is 7.61. The molecule has 0 saturated heterocycles. The molecule has 0 amide bonds. The third-order valence-electron chi connectivity index (χ3n) is 4.41. The number of hydrogen-bond donors (Lipinski definition) is 0. The third kappa shape index (κ3) is 3.82. The average Bonchev–Trinajstić information content (AvgIpc) is 2.69. The summed E-state index contributed by atoms with van der Waals surface area (Å²) in [6.45, 7) is 0. The Morgan fingerprint density at radius 3 is 1.00 bits per heavy atom. The van der Waals surface area contributed by atoms with Gasteiger partial charge in [0.2, 0.25) is 0 Å². The van der Waals surface area contributed by atoms with Crippen molar-refractivity contribution in [1.82, 2.24) is 0 Å². The van der Waals surface area contributed by atoms with Crippen LogP contribution in [0.4, 0.5) is 0 Å². The lowest BCUT2D eigenvalue weighted by Gasteiger charge is -2.09. The number of benzene rings is 4. The highest BCUT2D eigenvalue weighted by molar-refractivity contribution is 9.10. The lowest BCUT2D eigenvalue weighted by atomic mass is 9.96. The van der Waals surface area contributed by atoms with Crippen LogP contribution in [0.2, 0.25) is 0 Å². The van der Waals surface area contributed by atoms with Crippen LogP contribution in [0.5, 0.6) is 0 Å². The summed E-state index contributed by atoms with van der Waals surface area (Å²) in [6, 6.07) is 34.3. The van der Waals surface area contributed by atoms with Crippen molar-refractivity contribution in [1.29, 1.82) is 0 Å². The molecule has 126 valence electrons. The van der Waals surface area contributed by atoms with Crippen molar-refractivity contribution in [3.8, 4) is 33.4 Å². The fourth-order valence-corrected chi connectivity index (χ4v) is 3.57. The second-order valence-corrected chi connectivity index (χ2v) is 8.01. The summed E-state index contributed by atoms with van der Waals surface area (Å²) in [4.78, 5) is 0. The van der Waals surface area contributed by atoms with E-state index in [4.69, 9.17) is 0 Å². The molecule has 0 bridgehead atoms. The summed E-state index contributed by atoms with van der Waals surface area (Å²) >= 11 is 7.00. The van der Waals surface area contributed by atoms with Gasteiger partial charge in [-0.2, -0.15) is 0 Å². The summed E-state index contributed by atoms with van der Waals surface area (Å²) in [6.07, 6.45) is 0. The van der Waals surface area contributed by atoms with Crippen LogP contribution in [-0.4, -0.2) is 0 Å². The molecule has 0 aliphatic carbocycles. The van der Waals surface area contributed by atoms with E-state index in [9.17, 15) is 0 Å². The van der Waals surface area contributed by atoms with Crippen molar-refractivity contribution in [3.05, 3.63) is 106 Å². The summed E-state index contributed by atoms with van der Waals surface area (Å²) in [5, 5.41) is 0. The van der Waals surface area contributed by atoms with Gasteiger partial charge in [0.05, 0.1) is 0 Å². The first kappa shape index (κ1) is 17.3. The third-order valence-corrected chi connectivity index (χ3v) is 5.47. The Labute approximate surface area is 170 Å². The maximum absolute atomic E-state index is 3.50. The fourth-order valence-electron chi connectivity index (χ4n) is 3.04. The lowest BCUT2D eigenvalue weighted by Crippen LogP contribution is -1.83. The molecule has 4 aromatic rings. The van der Waals surface area contributed by atoms with E-state index in [0.717, 1.165) is 8.95 Å². The molecule has 4 aromatic carbocycles. The van der Waals surface area contributed by atoms with E-state index < -0.39 is 0 Å². The Morgan fingerprint density at radius 1 is 0.346 bits per heavy atom. The first-order valence-corrected chi connectivity index (χ1v) is 10.00. The van der Waals surface area contributed by atoms with Crippen LogP contribution < -0.4 is 0 Å². The zero-order chi connectivity index (χ0) is 17.9. The Kier molecular flexibility index (Phi) is 5.05. The molecule has 0 spiro atoms. The molecule has 0 nitrogen and oxygen atoms in total. The monoisotopic (exact) mass is 462 g/mol. The van der Waals surface area contributed by atoms with Gasteiger partial charge in [-0.25, -0.2) is 0 Å². The summed E-state index contributed by atoms with van der Waals surface area (Å²) in [7, 11) is 0. The van der Waals surface area contributed by atoms with Crippen molar-refractivity contribution in [2.45, 2.75) is 0 Å². The van der Waals surface area contributed by atoms with Gasteiger partial charge >= 0.3 is 0 Å². The topological polar surface area (TPSA) is 0 Å². The Morgan fingerprint density at radius 2 is 0.654 bits per heavy atom. The Balaban J connectivity index is 1.72. The predicted octanol–water partition coefficient (Wildman–Crippen LogP) is 8.21. The number of rotatable bonds is 3. The summed E-state index contributed by atoms with van der Waals surface area (Å²) in [5.41, 5.74) is 7.35. The molecule has 0 heterocycles. The van der Waals surface area contributed by atoms with Crippen LogP contribution >= 0.6 is 31.9 Å². The van der Waals surface area contributed by atoms with Gasteiger partial charge < -0.3 is 0 Å². The van der Waals surface area contributed by atoms with E-state index in [-0.39, 0.29) is 0 Å². The van der Waals surface area contributed by atoms with Gasteiger partial charge in [0.1, 0.15) is 0 Å². The maximum atomic E-state index is 3.50. The molecule has 0 aliphatic rings. The molecule has 0 radical (unpaired) electrons. The van der Waals surface area contributed by atoms with Gasteiger partial charge in [-0.3, -0.25) is 0 Å². The Hall–Kier alpha value is -2.16. The van der Waals surface area contributed by atoms with Gasteiger partial charge in [-0.05, 0) is 69.8 Å². The first-order valence-electron chi connectivity index (χ1n) is 8.41. The van der Waals surface area contributed by atoms with E-state index in [1.165, 1.54) is 33.4 Å². The first-order chi connectivity index (χ1) is 12.7. The van der Waals surface area contributed by atoms with Crippen LogP contribution in [0.15, 0.2) is 106 Å². The Bertz CT molecular complexity index is 945. The van der Waals surface area contributed by atoms with Crippen molar-refractivity contribution in [3.63, 3.8) is 0 Å². The van der Waals surface area contributed by atoms with Crippen molar-refractivity contribution in [2.24, 2.45) is 0 Å². The normalized spacial score (nSPS) is 10.7. The zero-order valence-corrected chi connectivity index (χ0v) is 17.2. The molecule has 0 saturated carbocycles. The molecular formula is C24H16Br2. The SMILES string of the molecule is Brc1ccc(-c2cccc(-c3cccc(-c4ccc(Br)cc4)c3)c2)cc1. The number of halogens is 2. The van der Waals surface area contributed by atoms with Crippen molar-refractivity contribution >= 4 is 31.9 Å². The highest BCUT2D eigenvalue weighted by Gasteiger charge is 2.04. The molecule has 0 unspecified atom stereocenters. The smallest absolute Gasteiger partial charge is 0.0175 e. The van der Waals surface area contributed by atoms with Crippen LogP contribution in [0.1, 0.15) is 0 Å². The lowest BCUT2D eigenvalue weighted by molar-refractivity contribution is 1.56. The maximum Gasteiger partial charge on any atom is 0.0175 e. The van der Waals surface area contributed by atoms with Crippen LogP contribution in [0.3, 0.4) is 0 Å². The summed E-state index contributed by atoms with van der Waals surface area (Å²) in [5.74, 6) is 0. The zero-order valence-electron chi connectivity index (χ0n) is 14.0.